The van der Waals surface area contributed by atoms with Crippen LogP contribution in [-0.2, 0) is 9.59 Å². The van der Waals surface area contributed by atoms with Gasteiger partial charge in [0.15, 0.2) is 0 Å². The van der Waals surface area contributed by atoms with Gasteiger partial charge in [0.2, 0.25) is 18.1 Å². The number of hydrogen-bond acceptors (Lipinski definition) is 7. The molecule has 0 radical (unpaired) electrons. The zero-order valence-electron chi connectivity index (χ0n) is 19.9. The number of likely N-dealkylation sites (tertiary alicyclic amines) is 2. The summed E-state index contributed by atoms with van der Waals surface area (Å²) in [6, 6.07) is 11.6. The highest BCUT2D eigenvalue weighted by atomic mass is 16.5. The van der Waals surface area contributed by atoms with Gasteiger partial charge in [-0.1, -0.05) is 35.5 Å². The molecule has 3 amide bonds. The highest BCUT2D eigenvalue weighted by molar-refractivity contribution is 5.93. The lowest BCUT2D eigenvalue weighted by atomic mass is 9.79. The van der Waals surface area contributed by atoms with Gasteiger partial charge >= 0.3 is 0 Å². The lowest BCUT2D eigenvalue weighted by molar-refractivity contribution is -0.154. The highest BCUT2D eigenvalue weighted by Gasteiger charge is 2.44. The van der Waals surface area contributed by atoms with E-state index in [2.05, 4.69) is 32.7 Å². The first-order valence-electron chi connectivity index (χ1n) is 12.3. The number of carbonyl (C=O) groups is 3. The smallest absolute Gasteiger partial charge is 0.290 e. The fraction of sp³-hybridized carbons (Fsp3) is 0.520. The van der Waals surface area contributed by atoms with Crippen molar-refractivity contribution in [3.63, 3.8) is 0 Å². The lowest BCUT2D eigenvalue weighted by Crippen LogP contribution is -2.68. The topological polar surface area (TPSA) is 111 Å². The van der Waals surface area contributed by atoms with Crippen LogP contribution < -0.4 is 10.7 Å². The second-order valence-electron chi connectivity index (χ2n) is 9.88. The molecule has 3 fully saturated rings. The van der Waals surface area contributed by atoms with Crippen molar-refractivity contribution >= 4 is 18.2 Å². The minimum atomic E-state index is -0.341. The Kier molecular flexibility index (Phi) is 6.83. The molecule has 186 valence electrons. The van der Waals surface area contributed by atoms with Crippen molar-refractivity contribution in [2.75, 3.05) is 33.2 Å². The van der Waals surface area contributed by atoms with Gasteiger partial charge in [0, 0.05) is 42.7 Å². The Labute approximate surface area is 204 Å². The van der Waals surface area contributed by atoms with Crippen LogP contribution in [0.15, 0.2) is 40.9 Å². The number of rotatable bonds is 8. The summed E-state index contributed by atoms with van der Waals surface area (Å²) >= 11 is 0. The summed E-state index contributed by atoms with van der Waals surface area (Å²) in [5, 5.41) is 8.40. The number of nitrogens with zero attached hydrogens (tertiary/aromatic N) is 4. The molecule has 1 aliphatic carbocycles. The van der Waals surface area contributed by atoms with E-state index in [1.54, 1.807) is 6.07 Å². The quantitative estimate of drug-likeness (QED) is 0.430. The minimum Gasteiger partial charge on any atom is -0.350 e. The molecule has 0 atom stereocenters. The number of amides is 3. The van der Waals surface area contributed by atoms with Crippen LogP contribution in [0.1, 0.15) is 36.2 Å². The van der Waals surface area contributed by atoms with E-state index in [-0.39, 0.29) is 35.6 Å². The maximum absolute atomic E-state index is 13.1. The summed E-state index contributed by atoms with van der Waals surface area (Å²) in [5.74, 6) is -0.501. The van der Waals surface area contributed by atoms with Gasteiger partial charge in [0.25, 0.3) is 5.91 Å². The molecule has 1 aromatic carbocycles. The van der Waals surface area contributed by atoms with E-state index in [4.69, 9.17) is 4.52 Å². The van der Waals surface area contributed by atoms with Gasteiger partial charge in [0.1, 0.15) is 5.69 Å². The molecule has 0 spiro atoms. The van der Waals surface area contributed by atoms with Gasteiger partial charge in [0.05, 0.1) is 6.04 Å². The monoisotopic (exact) mass is 480 g/mol. The zero-order valence-corrected chi connectivity index (χ0v) is 19.9. The number of carbonyl (C=O) groups excluding carboxylic acids is 3. The number of benzene rings is 1. The summed E-state index contributed by atoms with van der Waals surface area (Å²) in [5.41, 5.74) is 4.09. The van der Waals surface area contributed by atoms with Gasteiger partial charge < -0.3 is 14.7 Å². The average Bonchev–Trinajstić information content (AvgIpc) is 3.31. The molecule has 5 rings (SSSR count). The average molecular weight is 481 g/mol. The summed E-state index contributed by atoms with van der Waals surface area (Å²) in [7, 11) is 2.14. The molecule has 1 aromatic heterocycles. The lowest BCUT2D eigenvalue weighted by Gasteiger charge is -2.50. The number of nitrogens with one attached hydrogen (secondary N) is 2. The summed E-state index contributed by atoms with van der Waals surface area (Å²) in [6.07, 6.45) is 3.92. The predicted molar refractivity (Wildman–Crippen MR) is 128 cm³/mol. The summed E-state index contributed by atoms with van der Waals surface area (Å²) in [4.78, 5) is 41.6. The van der Waals surface area contributed by atoms with Crippen molar-refractivity contribution in [3.05, 3.63) is 42.2 Å². The Hall–Kier alpha value is -3.24. The molecule has 1 saturated carbocycles. The van der Waals surface area contributed by atoms with Crippen LogP contribution in [0.3, 0.4) is 0 Å². The van der Waals surface area contributed by atoms with Crippen molar-refractivity contribution in [2.45, 2.75) is 43.8 Å². The maximum atomic E-state index is 13.1. The Balaban J connectivity index is 1.09. The molecule has 0 unspecified atom stereocenters. The third kappa shape index (κ3) is 5.08. The van der Waals surface area contributed by atoms with Gasteiger partial charge in [-0.3, -0.25) is 24.7 Å². The Bertz CT molecular complexity index is 1040. The van der Waals surface area contributed by atoms with Crippen molar-refractivity contribution in [3.8, 4) is 11.3 Å². The fourth-order valence-electron chi connectivity index (χ4n) is 5.23. The molecule has 35 heavy (non-hydrogen) atoms. The van der Waals surface area contributed by atoms with Crippen LogP contribution in [-0.4, -0.2) is 89.5 Å². The molecule has 3 aliphatic rings. The van der Waals surface area contributed by atoms with Gasteiger partial charge in [-0.15, -0.1) is 0 Å². The van der Waals surface area contributed by atoms with Crippen LogP contribution in [0.2, 0.25) is 0 Å². The van der Waals surface area contributed by atoms with Crippen molar-refractivity contribution in [1.82, 2.24) is 30.7 Å². The van der Waals surface area contributed by atoms with Gasteiger partial charge in [-0.2, -0.15) is 0 Å². The molecular formula is C25H32N6O4. The molecule has 2 aliphatic heterocycles. The Morgan fingerprint density at radius 2 is 1.86 bits per heavy atom. The predicted octanol–water partition coefficient (Wildman–Crippen LogP) is 1.12. The molecule has 10 heteroatoms. The van der Waals surface area contributed by atoms with E-state index >= 15 is 0 Å². The van der Waals surface area contributed by atoms with Crippen molar-refractivity contribution < 1.29 is 18.9 Å². The van der Waals surface area contributed by atoms with E-state index in [1.165, 1.54) is 5.01 Å². The molecule has 2 saturated heterocycles. The van der Waals surface area contributed by atoms with Crippen LogP contribution >= 0.6 is 0 Å². The zero-order chi connectivity index (χ0) is 24.4. The first-order chi connectivity index (χ1) is 17.0. The summed E-state index contributed by atoms with van der Waals surface area (Å²) in [6.45, 7) is 3.75. The third-order valence-corrected chi connectivity index (χ3v) is 7.52. The molecule has 10 nitrogen and oxygen atoms in total. The number of piperidine rings is 1. The molecule has 0 bridgehead atoms. The van der Waals surface area contributed by atoms with Gasteiger partial charge in [-0.05, 0) is 45.8 Å². The van der Waals surface area contributed by atoms with Crippen molar-refractivity contribution in [1.29, 1.82) is 0 Å². The van der Waals surface area contributed by atoms with Crippen LogP contribution in [0.4, 0.5) is 0 Å². The fourth-order valence-corrected chi connectivity index (χ4v) is 5.23. The second kappa shape index (κ2) is 10.2. The first-order valence-corrected chi connectivity index (χ1v) is 12.3. The van der Waals surface area contributed by atoms with E-state index in [9.17, 15) is 14.4 Å². The Morgan fingerprint density at radius 1 is 1.14 bits per heavy atom. The molecule has 2 N–H and O–H groups in total. The van der Waals surface area contributed by atoms with Gasteiger partial charge in [-0.25, -0.2) is 5.01 Å². The molecule has 2 aromatic rings. The summed E-state index contributed by atoms with van der Waals surface area (Å²) < 4.78 is 5.22. The standard InChI is InChI=1S/C25H32N6O4/c1-29-9-7-20(8-10-29)30-14-21(15-30)31(26-16-32)25(34)18-11-19(12-18)27-24(33)23-13-22(28-35-23)17-5-3-2-4-6-17/h2-6,13,16,18-21H,7-12,14-15H2,1H3,(H,26,32)(H,27,33). The third-order valence-electron chi connectivity index (χ3n) is 7.52. The second-order valence-corrected chi connectivity index (χ2v) is 9.88. The number of hydrazine groups is 1. The van der Waals surface area contributed by atoms with Crippen molar-refractivity contribution in [2.24, 2.45) is 5.92 Å². The first kappa shape index (κ1) is 23.5. The van der Waals surface area contributed by atoms with E-state index < -0.39 is 0 Å². The largest absolute Gasteiger partial charge is 0.350 e. The maximum Gasteiger partial charge on any atom is 0.290 e. The Morgan fingerprint density at radius 3 is 2.54 bits per heavy atom. The van der Waals surface area contributed by atoms with Crippen LogP contribution in [0, 0.1) is 5.92 Å². The van der Waals surface area contributed by atoms with E-state index in [0.29, 0.717) is 31.0 Å². The van der Waals surface area contributed by atoms with Crippen LogP contribution in [0.25, 0.3) is 11.3 Å². The molecular weight excluding hydrogens is 448 g/mol. The number of hydrogen-bond donors (Lipinski definition) is 2. The van der Waals surface area contributed by atoms with E-state index in [1.807, 2.05) is 30.3 Å². The molecule has 3 heterocycles. The highest BCUT2D eigenvalue weighted by Crippen LogP contribution is 2.32. The van der Waals surface area contributed by atoms with Crippen LogP contribution in [0.5, 0.6) is 0 Å². The van der Waals surface area contributed by atoms with E-state index in [0.717, 1.165) is 44.6 Å². The number of aromatic nitrogens is 1. The normalized spacial score (nSPS) is 23.7. The minimum absolute atomic E-state index is 0.00778. The SMILES string of the molecule is CN1CCC(N2CC(N(NC=O)C(=O)C3CC(NC(=O)c4cc(-c5ccccc5)no4)C3)C2)CC1.